The van der Waals surface area contributed by atoms with Crippen LogP contribution in [0.2, 0.25) is 0 Å². The van der Waals surface area contributed by atoms with Gasteiger partial charge in [-0.1, -0.05) is 19.9 Å². The molecule has 0 spiro atoms. The van der Waals surface area contributed by atoms with Gasteiger partial charge in [-0.25, -0.2) is 0 Å². The van der Waals surface area contributed by atoms with Gasteiger partial charge in [-0.2, -0.15) is 0 Å². The van der Waals surface area contributed by atoms with Crippen LogP contribution in [0, 0.1) is 0 Å². The molecule has 1 aromatic carbocycles. The molecule has 2 nitrogen and oxygen atoms in total. The van der Waals surface area contributed by atoms with E-state index in [4.69, 9.17) is 0 Å². The lowest BCUT2D eigenvalue weighted by atomic mass is 10.0. The third-order valence-corrected chi connectivity index (χ3v) is 2.12. The van der Waals surface area contributed by atoms with Crippen LogP contribution in [0.15, 0.2) is 18.2 Å². The van der Waals surface area contributed by atoms with Crippen molar-refractivity contribution in [1.82, 2.24) is 0 Å². The second-order valence-electron chi connectivity index (χ2n) is 3.79. The molecule has 0 unspecified atom stereocenters. The molecule has 0 saturated carbocycles. The summed E-state index contributed by atoms with van der Waals surface area (Å²) < 4.78 is 0. The minimum absolute atomic E-state index is 0.327. The van der Waals surface area contributed by atoms with Gasteiger partial charge in [0.25, 0.3) is 0 Å². The Morgan fingerprint density at radius 2 is 1.85 bits per heavy atom. The maximum atomic E-state index is 9.34. The molecule has 0 aromatic heterocycles. The Bertz CT molecular complexity index is 292. The molecule has 72 valence electrons. The van der Waals surface area contributed by atoms with Gasteiger partial charge in [-0.3, -0.25) is 0 Å². The summed E-state index contributed by atoms with van der Waals surface area (Å²) in [5, 5.41) is 9.34. The molecular weight excluding hydrogens is 162 g/mol. The fourth-order valence-electron chi connectivity index (χ4n) is 1.41. The smallest absolute Gasteiger partial charge is 0.117 e. The number of phenolic OH excluding ortho intramolecular Hbond substituents is 1. The van der Waals surface area contributed by atoms with Crippen LogP contribution in [-0.2, 0) is 0 Å². The summed E-state index contributed by atoms with van der Waals surface area (Å²) in [5.74, 6) is 0.811. The molecule has 1 N–H and O–H groups in total. The standard InChI is InChI=1S/C11H17NO/c1-8(2)10-6-5-9(13)7-11(10)12(3)4/h5-8,13H,1-4H3. The molecule has 0 amide bonds. The van der Waals surface area contributed by atoms with Crippen molar-refractivity contribution >= 4 is 5.69 Å². The molecule has 0 aliphatic heterocycles. The Morgan fingerprint density at radius 1 is 1.23 bits per heavy atom. The molecule has 1 rings (SSSR count). The number of rotatable bonds is 2. The first-order valence-corrected chi connectivity index (χ1v) is 4.52. The number of benzene rings is 1. The number of nitrogens with zero attached hydrogens (tertiary/aromatic N) is 1. The largest absolute Gasteiger partial charge is 0.508 e. The lowest BCUT2D eigenvalue weighted by molar-refractivity contribution is 0.475. The highest BCUT2D eigenvalue weighted by Gasteiger charge is 2.08. The van der Waals surface area contributed by atoms with Crippen LogP contribution in [0.1, 0.15) is 25.3 Å². The Kier molecular flexibility index (Phi) is 2.81. The minimum atomic E-state index is 0.327. The van der Waals surface area contributed by atoms with Gasteiger partial charge >= 0.3 is 0 Å². The van der Waals surface area contributed by atoms with Crippen molar-refractivity contribution < 1.29 is 5.11 Å². The number of aromatic hydroxyl groups is 1. The highest BCUT2D eigenvalue weighted by molar-refractivity contribution is 5.57. The number of anilines is 1. The van der Waals surface area contributed by atoms with E-state index in [2.05, 4.69) is 13.8 Å². The van der Waals surface area contributed by atoms with Gasteiger partial charge < -0.3 is 10.0 Å². The van der Waals surface area contributed by atoms with E-state index in [0.29, 0.717) is 11.7 Å². The monoisotopic (exact) mass is 179 g/mol. The summed E-state index contributed by atoms with van der Waals surface area (Å²) >= 11 is 0. The molecular formula is C11H17NO. The fourth-order valence-corrected chi connectivity index (χ4v) is 1.41. The van der Waals surface area contributed by atoms with Crippen molar-refractivity contribution in [3.8, 4) is 5.75 Å². The Balaban J connectivity index is 3.19. The van der Waals surface area contributed by atoms with Crippen molar-refractivity contribution in [2.24, 2.45) is 0 Å². The van der Waals surface area contributed by atoms with E-state index in [1.807, 2.05) is 25.1 Å². The van der Waals surface area contributed by atoms with E-state index in [9.17, 15) is 5.11 Å². The van der Waals surface area contributed by atoms with Crippen LogP contribution < -0.4 is 4.90 Å². The first-order valence-electron chi connectivity index (χ1n) is 4.52. The topological polar surface area (TPSA) is 23.5 Å². The fraction of sp³-hybridized carbons (Fsp3) is 0.455. The Morgan fingerprint density at radius 3 is 2.31 bits per heavy atom. The van der Waals surface area contributed by atoms with Gasteiger partial charge in [0.15, 0.2) is 0 Å². The Hall–Kier alpha value is -1.18. The highest BCUT2D eigenvalue weighted by atomic mass is 16.3. The zero-order chi connectivity index (χ0) is 10.0. The molecule has 0 saturated heterocycles. The van der Waals surface area contributed by atoms with E-state index in [-0.39, 0.29) is 0 Å². The Labute approximate surface area is 79.8 Å². The van der Waals surface area contributed by atoms with Crippen LogP contribution in [0.3, 0.4) is 0 Å². The predicted molar refractivity (Wildman–Crippen MR) is 56.5 cm³/mol. The molecule has 13 heavy (non-hydrogen) atoms. The molecule has 0 atom stereocenters. The van der Waals surface area contributed by atoms with Crippen LogP contribution in [-0.4, -0.2) is 19.2 Å². The normalized spacial score (nSPS) is 10.5. The van der Waals surface area contributed by atoms with Crippen molar-refractivity contribution in [2.75, 3.05) is 19.0 Å². The molecule has 0 aliphatic rings. The minimum Gasteiger partial charge on any atom is -0.508 e. The van der Waals surface area contributed by atoms with Gasteiger partial charge in [0, 0.05) is 25.8 Å². The summed E-state index contributed by atoms with van der Waals surface area (Å²) in [6.45, 7) is 4.30. The van der Waals surface area contributed by atoms with Gasteiger partial charge in [-0.05, 0) is 17.5 Å². The second kappa shape index (κ2) is 3.69. The van der Waals surface area contributed by atoms with Crippen molar-refractivity contribution in [2.45, 2.75) is 19.8 Å². The average Bonchev–Trinajstić information content (AvgIpc) is 2.03. The van der Waals surface area contributed by atoms with Crippen LogP contribution in [0.25, 0.3) is 0 Å². The van der Waals surface area contributed by atoms with E-state index in [1.165, 1.54) is 5.56 Å². The van der Waals surface area contributed by atoms with E-state index < -0.39 is 0 Å². The van der Waals surface area contributed by atoms with Crippen molar-refractivity contribution in [1.29, 1.82) is 0 Å². The third-order valence-electron chi connectivity index (χ3n) is 2.12. The van der Waals surface area contributed by atoms with E-state index in [1.54, 1.807) is 12.1 Å². The molecule has 2 heteroatoms. The zero-order valence-electron chi connectivity index (χ0n) is 8.70. The van der Waals surface area contributed by atoms with Gasteiger partial charge in [-0.15, -0.1) is 0 Å². The molecule has 0 radical (unpaired) electrons. The maximum absolute atomic E-state index is 9.34. The number of hydrogen-bond donors (Lipinski definition) is 1. The summed E-state index contributed by atoms with van der Waals surface area (Å²) in [6, 6.07) is 5.52. The summed E-state index contributed by atoms with van der Waals surface area (Å²) in [7, 11) is 3.97. The lowest BCUT2D eigenvalue weighted by Gasteiger charge is -2.19. The maximum Gasteiger partial charge on any atom is 0.117 e. The summed E-state index contributed by atoms with van der Waals surface area (Å²) in [5.41, 5.74) is 2.36. The van der Waals surface area contributed by atoms with Crippen molar-refractivity contribution in [3.05, 3.63) is 23.8 Å². The van der Waals surface area contributed by atoms with E-state index in [0.717, 1.165) is 5.69 Å². The second-order valence-corrected chi connectivity index (χ2v) is 3.79. The summed E-state index contributed by atoms with van der Waals surface area (Å²) in [6.07, 6.45) is 0. The van der Waals surface area contributed by atoms with Crippen molar-refractivity contribution in [3.63, 3.8) is 0 Å². The highest BCUT2D eigenvalue weighted by Crippen LogP contribution is 2.29. The molecule has 0 aliphatic carbocycles. The predicted octanol–water partition coefficient (Wildman–Crippen LogP) is 2.58. The molecule has 0 heterocycles. The molecule has 1 aromatic rings. The first-order chi connectivity index (χ1) is 6.02. The summed E-state index contributed by atoms with van der Waals surface area (Å²) in [4.78, 5) is 2.02. The lowest BCUT2D eigenvalue weighted by Crippen LogP contribution is -2.11. The van der Waals surface area contributed by atoms with Crippen LogP contribution in [0.4, 0.5) is 5.69 Å². The number of phenols is 1. The van der Waals surface area contributed by atoms with Gasteiger partial charge in [0.05, 0.1) is 0 Å². The first kappa shape index (κ1) is 9.90. The van der Waals surface area contributed by atoms with Crippen LogP contribution in [0.5, 0.6) is 5.75 Å². The quantitative estimate of drug-likeness (QED) is 0.754. The number of hydrogen-bond acceptors (Lipinski definition) is 2. The zero-order valence-corrected chi connectivity index (χ0v) is 8.70. The molecule has 0 fully saturated rings. The van der Waals surface area contributed by atoms with Crippen LogP contribution >= 0.6 is 0 Å². The van der Waals surface area contributed by atoms with E-state index >= 15 is 0 Å². The molecule has 0 bridgehead atoms. The van der Waals surface area contributed by atoms with Gasteiger partial charge in [0.2, 0.25) is 0 Å². The average molecular weight is 179 g/mol. The SMILES string of the molecule is CC(C)c1ccc(O)cc1N(C)C. The third kappa shape index (κ3) is 2.14. The van der Waals surface area contributed by atoms with Gasteiger partial charge in [0.1, 0.15) is 5.75 Å².